The summed E-state index contributed by atoms with van der Waals surface area (Å²) in [5.41, 5.74) is -0.0743. The minimum Gasteiger partial charge on any atom is -0.342 e. The Morgan fingerprint density at radius 1 is 1.29 bits per heavy atom. The predicted octanol–water partition coefficient (Wildman–Crippen LogP) is 2.15. The number of carbonyl (C=O) groups excluding carboxylic acids is 2. The van der Waals surface area contributed by atoms with Crippen molar-refractivity contribution in [3.05, 3.63) is 29.8 Å². The highest BCUT2D eigenvalue weighted by Gasteiger charge is 2.57. The molecule has 0 aliphatic heterocycles. The van der Waals surface area contributed by atoms with Gasteiger partial charge in [-0.2, -0.15) is 5.26 Å². The van der Waals surface area contributed by atoms with Gasteiger partial charge in [0.25, 0.3) is 0 Å². The fourth-order valence-electron chi connectivity index (χ4n) is 2.41. The monoisotopic (exact) mass is 285 g/mol. The topological polar surface area (TPSA) is 73.2 Å². The summed E-state index contributed by atoms with van der Waals surface area (Å²) in [6.45, 7) is 5.00. The molecule has 1 aliphatic carbocycles. The van der Waals surface area contributed by atoms with Crippen LogP contribution in [0.25, 0.3) is 0 Å². The Morgan fingerprint density at radius 3 is 2.43 bits per heavy atom. The number of rotatable bonds is 5. The van der Waals surface area contributed by atoms with Crippen molar-refractivity contribution in [1.82, 2.24) is 4.90 Å². The van der Waals surface area contributed by atoms with E-state index in [0.29, 0.717) is 37.2 Å². The van der Waals surface area contributed by atoms with Crippen molar-refractivity contribution >= 4 is 17.5 Å². The normalized spacial score (nSPS) is 14.9. The van der Waals surface area contributed by atoms with Gasteiger partial charge in [-0.25, -0.2) is 0 Å². The average molecular weight is 285 g/mol. The molecule has 1 aromatic carbocycles. The Hall–Kier alpha value is -2.35. The maximum absolute atomic E-state index is 12.5. The van der Waals surface area contributed by atoms with Gasteiger partial charge in [-0.3, -0.25) is 9.59 Å². The van der Waals surface area contributed by atoms with Crippen molar-refractivity contribution in [3.8, 4) is 6.07 Å². The van der Waals surface area contributed by atoms with E-state index in [1.165, 1.54) is 0 Å². The fraction of sp³-hybridized carbons (Fsp3) is 0.438. The van der Waals surface area contributed by atoms with Gasteiger partial charge in [0.1, 0.15) is 11.5 Å². The third-order valence-electron chi connectivity index (χ3n) is 3.94. The third-order valence-corrected chi connectivity index (χ3v) is 3.94. The predicted molar refractivity (Wildman–Crippen MR) is 79.4 cm³/mol. The van der Waals surface area contributed by atoms with Gasteiger partial charge < -0.3 is 10.2 Å². The lowest BCUT2D eigenvalue weighted by molar-refractivity contribution is -0.141. The molecule has 0 unspecified atom stereocenters. The van der Waals surface area contributed by atoms with E-state index in [9.17, 15) is 9.59 Å². The molecular formula is C16H19N3O2. The summed E-state index contributed by atoms with van der Waals surface area (Å²) in [6.07, 6.45) is 1.14. The van der Waals surface area contributed by atoms with Gasteiger partial charge in [-0.1, -0.05) is 12.1 Å². The van der Waals surface area contributed by atoms with Gasteiger partial charge in [-0.05, 0) is 38.8 Å². The number of nitrogens with one attached hydrogen (secondary N) is 1. The Balaban J connectivity index is 2.17. The Labute approximate surface area is 124 Å². The minimum absolute atomic E-state index is 0.112. The van der Waals surface area contributed by atoms with E-state index in [0.717, 1.165) is 0 Å². The summed E-state index contributed by atoms with van der Waals surface area (Å²) in [5.74, 6) is -0.415. The fourth-order valence-corrected chi connectivity index (χ4v) is 2.41. The lowest BCUT2D eigenvalue weighted by atomic mass is 10.0. The molecule has 21 heavy (non-hydrogen) atoms. The van der Waals surface area contributed by atoms with Crippen LogP contribution in [0.2, 0.25) is 0 Å². The van der Waals surface area contributed by atoms with E-state index in [1.807, 2.05) is 19.9 Å². The average Bonchev–Trinajstić information content (AvgIpc) is 3.30. The van der Waals surface area contributed by atoms with E-state index in [1.54, 1.807) is 29.2 Å². The molecule has 0 atom stereocenters. The third kappa shape index (κ3) is 2.75. The molecule has 0 bridgehead atoms. The molecule has 110 valence electrons. The second kappa shape index (κ2) is 5.96. The van der Waals surface area contributed by atoms with Crippen LogP contribution in [0.5, 0.6) is 0 Å². The first-order valence-corrected chi connectivity index (χ1v) is 7.19. The van der Waals surface area contributed by atoms with Crippen molar-refractivity contribution in [2.75, 3.05) is 18.4 Å². The van der Waals surface area contributed by atoms with Crippen molar-refractivity contribution in [1.29, 1.82) is 5.26 Å². The van der Waals surface area contributed by atoms with Crippen LogP contribution in [-0.4, -0.2) is 29.8 Å². The van der Waals surface area contributed by atoms with E-state index in [-0.39, 0.29) is 11.8 Å². The molecule has 1 aliphatic rings. The summed E-state index contributed by atoms with van der Waals surface area (Å²) >= 11 is 0. The molecule has 0 spiro atoms. The van der Waals surface area contributed by atoms with Gasteiger partial charge in [0.05, 0.1) is 11.3 Å². The van der Waals surface area contributed by atoms with Crippen molar-refractivity contribution in [2.24, 2.45) is 5.41 Å². The Morgan fingerprint density at radius 2 is 1.90 bits per heavy atom. The van der Waals surface area contributed by atoms with Crippen LogP contribution in [0.4, 0.5) is 5.69 Å². The smallest absolute Gasteiger partial charge is 0.240 e. The molecule has 5 nitrogen and oxygen atoms in total. The number of benzene rings is 1. The summed E-state index contributed by atoms with van der Waals surface area (Å²) in [6, 6.07) is 8.84. The van der Waals surface area contributed by atoms with Crippen molar-refractivity contribution in [3.63, 3.8) is 0 Å². The van der Waals surface area contributed by atoms with Crippen LogP contribution in [0.1, 0.15) is 32.3 Å². The highest BCUT2D eigenvalue weighted by Crippen LogP contribution is 2.48. The zero-order chi connectivity index (χ0) is 15.5. The first kappa shape index (κ1) is 15.0. The quantitative estimate of drug-likeness (QED) is 0.842. The van der Waals surface area contributed by atoms with Gasteiger partial charge in [-0.15, -0.1) is 0 Å². The second-order valence-corrected chi connectivity index (χ2v) is 5.17. The van der Waals surface area contributed by atoms with Crippen LogP contribution >= 0.6 is 0 Å². The molecule has 0 heterocycles. The van der Waals surface area contributed by atoms with Gasteiger partial charge in [0.2, 0.25) is 11.8 Å². The first-order chi connectivity index (χ1) is 10.1. The molecule has 1 aromatic rings. The van der Waals surface area contributed by atoms with Gasteiger partial charge in [0, 0.05) is 13.1 Å². The number of nitriles is 1. The molecule has 1 fully saturated rings. The lowest BCUT2D eigenvalue weighted by Gasteiger charge is -2.24. The minimum atomic E-state index is -0.936. The SMILES string of the molecule is CCN(CC)C(=O)C1(C(=O)Nc2ccccc2C#N)CC1. The molecule has 0 saturated heterocycles. The number of nitrogens with zero attached hydrogens (tertiary/aromatic N) is 2. The standard InChI is InChI=1S/C16H19N3O2/c1-3-19(4-2)15(21)16(9-10-16)14(20)18-13-8-6-5-7-12(13)11-17/h5-8H,3-4,9-10H2,1-2H3,(H,18,20). The van der Waals surface area contributed by atoms with E-state index >= 15 is 0 Å². The van der Waals surface area contributed by atoms with Crippen molar-refractivity contribution < 1.29 is 9.59 Å². The number of carbonyl (C=O) groups is 2. The maximum atomic E-state index is 12.5. The van der Waals surface area contributed by atoms with E-state index in [2.05, 4.69) is 5.32 Å². The number of anilines is 1. The number of amides is 2. The molecule has 1 saturated carbocycles. The van der Waals surface area contributed by atoms with E-state index in [4.69, 9.17) is 5.26 Å². The van der Waals surface area contributed by atoms with E-state index < -0.39 is 5.41 Å². The number of para-hydroxylation sites is 1. The largest absolute Gasteiger partial charge is 0.342 e. The second-order valence-electron chi connectivity index (χ2n) is 5.17. The summed E-state index contributed by atoms with van der Waals surface area (Å²) in [7, 11) is 0. The van der Waals surface area contributed by atoms with Crippen LogP contribution < -0.4 is 5.32 Å². The summed E-state index contributed by atoms with van der Waals surface area (Å²) in [4.78, 5) is 26.6. The molecule has 5 heteroatoms. The molecule has 0 radical (unpaired) electrons. The summed E-state index contributed by atoms with van der Waals surface area (Å²) < 4.78 is 0. The van der Waals surface area contributed by atoms with Crippen LogP contribution in [0, 0.1) is 16.7 Å². The lowest BCUT2D eigenvalue weighted by Crippen LogP contribution is -2.42. The Bertz CT molecular complexity index is 596. The summed E-state index contributed by atoms with van der Waals surface area (Å²) in [5, 5.41) is 11.8. The van der Waals surface area contributed by atoms with Crippen LogP contribution in [0.3, 0.4) is 0 Å². The Kier molecular flexibility index (Phi) is 4.27. The molecule has 1 N–H and O–H groups in total. The number of hydrogen-bond acceptors (Lipinski definition) is 3. The van der Waals surface area contributed by atoms with Crippen molar-refractivity contribution in [2.45, 2.75) is 26.7 Å². The van der Waals surface area contributed by atoms with Crippen LogP contribution in [-0.2, 0) is 9.59 Å². The maximum Gasteiger partial charge on any atom is 0.240 e. The molecule has 2 rings (SSSR count). The number of hydrogen-bond donors (Lipinski definition) is 1. The first-order valence-electron chi connectivity index (χ1n) is 7.19. The molecule has 0 aromatic heterocycles. The van der Waals surface area contributed by atoms with Crippen LogP contribution in [0.15, 0.2) is 24.3 Å². The highest BCUT2D eigenvalue weighted by atomic mass is 16.2. The molecular weight excluding hydrogens is 266 g/mol. The van der Waals surface area contributed by atoms with Gasteiger partial charge in [0.15, 0.2) is 0 Å². The zero-order valence-corrected chi connectivity index (χ0v) is 12.3. The zero-order valence-electron chi connectivity index (χ0n) is 12.3. The molecule has 2 amide bonds. The van der Waals surface area contributed by atoms with Gasteiger partial charge >= 0.3 is 0 Å². The highest BCUT2D eigenvalue weighted by molar-refractivity contribution is 6.13.